The molecule has 0 aliphatic heterocycles. The Hall–Kier alpha value is -2.11. The van der Waals surface area contributed by atoms with E-state index in [9.17, 15) is 4.79 Å². The maximum absolute atomic E-state index is 12.7. The van der Waals surface area contributed by atoms with Crippen LogP contribution in [0.2, 0.25) is 5.02 Å². The van der Waals surface area contributed by atoms with Crippen molar-refractivity contribution in [2.24, 2.45) is 0 Å². The van der Waals surface area contributed by atoms with Crippen molar-refractivity contribution in [3.8, 4) is 5.69 Å². The fourth-order valence-corrected chi connectivity index (χ4v) is 3.68. The Labute approximate surface area is 156 Å². The summed E-state index contributed by atoms with van der Waals surface area (Å²) < 4.78 is 1.96. The van der Waals surface area contributed by atoms with Gasteiger partial charge in [-0.25, -0.2) is 0 Å². The molecule has 25 heavy (non-hydrogen) atoms. The summed E-state index contributed by atoms with van der Waals surface area (Å²) in [5.41, 5.74) is 2.77. The Kier molecular flexibility index (Phi) is 5.25. The monoisotopic (exact) mass is 371 g/mol. The summed E-state index contributed by atoms with van der Waals surface area (Å²) in [6.45, 7) is 5.82. The third-order valence-corrected chi connectivity index (χ3v) is 5.13. The third kappa shape index (κ3) is 3.94. The highest BCUT2D eigenvalue weighted by molar-refractivity contribution is 8.00. The number of aromatic nitrogens is 3. The van der Waals surface area contributed by atoms with Crippen molar-refractivity contribution in [1.82, 2.24) is 14.8 Å². The van der Waals surface area contributed by atoms with Crippen LogP contribution in [0.25, 0.3) is 5.69 Å². The van der Waals surface area contributed by atoms with Gasteiger partial charge in [0.25, 0.3) is 0 Å². The number of carbonyl (C=O) groups is 1. The quantitative estimate of drug-likeness (QED) is 0.472. The van der Waals surface area contributed by atoms with E-state index in [1.54, 1.807) is 24.3 Å². The van der Waals surface area contributed by atoms with Gasteiger partial charge in [0.15, 0.2) is 10.9 Å². The van der Waals surface area contributed by atoms with Gasteiger partial charge in [-0.15, -0.1) is 10.2 Å². The maximum atomic E-state index is 12.7. The van der Waals surface area contributed by atoms with Gasteiger partial charge in [-0.2, -0.15) is 0 Å². The van der Waals surface area contributed by atoms with Crippen LogP contribution in [0.3, 0.4) is 0 Å². The zero-order valence-electron chi connectivity index (χ0n) is 14.2. The van der Waals surface area contributed by atoms with E-state index in [0.717, 1.165) is 11.5 Å². The maximum Gasteiger partial charge on any atom is 0.196 e. The molecular formula is C19H18ClN3OS. The number of rotatable bonds is 5. The zero-order chi connectivity index (χ0) is 18.0. The number of thioether (sulfide) groups is 1. The number of Topliss-reactive ketones (excluding diaryl/α,β-unsaturated/α-hetero) is 1. The molecule has 3 aromatic rings. The van der Waals surface area contributed by atoms with Crippen LogP contribution in [0.4, 0.5) is 0 Å². The Morgan fingerprint density at radius 2 is 1.84 bits per heavy atom. The summed E-state index contributed by atoms with van der Waals surface area (Å²) in [5.74, 6) is 0.803. The molecule has 0 aliphatic carbocycles. The van der Waals surface area contributed by atoms with E-state index >= 15 is 0 Å². The van der Waals surface area contributed by atoms with Crippen LogP contribution in [-0.4, -0.2) is 25.8 Å². The number of hydrogen-bond donors (Lipinski definition) is 0. The lowest BCUT2D eigenvalue weighted by molar-refractivity contribution is 0.0994. The average molecular weight is 372 g/mol. The van der Waals surface area contributed by atoms with E-state index in [1.165, 1.54) is 17.3 Å². The third-order valence-electron chi connectivity index (χ3n) is 3.85. The van der Waals surface area contributed by atoms with Crippen LogP contribution < -0.4 is 0 Å². The molecule has 0 amide bonds. The molecule has 0 N–H and O–H groups in total. The molecule has 1 unspecified atom stereocenters. The van der Waals surface area contributed by atoms with Crippen LogP contribution in [-0.2, 0) is 0 Å². The molecule has 0 fully saturated rings. The van der Waals surface area contributed by atoms with Gasteiger partial charge in [0.2, 0.25) is 0 Å². The first-order valence-corrected chi connectivity index (χ1v) is 9.17. The van der Waals surface area contributed by atoms with Crippen molar-refractivity contribution in [3.05, 3.63) is 70.5 Å². The number of hydrogen-bond acceptors (Lipinski definition) is 4. The highest BCUT2D eigenvalue weighted by Gasteiger charge is 2.21. The van der Waals surface area contributed by atoms with E-state index < -0.39 is 0 Å². The fourth-order valence-electron chi connectivity index (χ4n) is 2.50. The molecule has 0 bridgehead atoms. The van der Waals surface area contributed by atoms with Crippen LogP contribution in [0, 0.1) is 13.8 Å². The van der Waals surface area contributed by atoms with Gasteiger partial charge >= 0.3 is 0 Å². The minimum Gasteiger partial charge on any atom is -0.293 e. The van der Waals surface area contributed by atoms with Crippen molar-refractivity contribution >= 4 is 29.1 Å². The fraction of sp³-hybridized carbons (Fsp3) is 0.211. The number of nitrogens with zero attached hydrogens (tertiary/aromatic N) is 3. The van der Waals surface area contributed by atoms with E-state index in [-0.39, 0.29) is 11.0 Å². The second kappa shape index (κ2) is 7.42. The number of carbonyl (C=O) groups excluding carboxylic acids is 1. The zero-order valence-corrected chi connectivity index (χ0v) is 15.8. The molecular weight excluding hydrogens is 354 g/mol. The first-order valence-electron chi connectivity index (χ1n) is 7.91. The van der Waals surface area contributed by atoms with Gasteiger partial charge in [0.05, 0.1) is 5.25 Å². The second-order valence-electron chi connectivity index (χ2n) is 5.84. The molecule has 1 heterocycles. The van der Waals surface area contributed by atoms with Crippen molar-refractivity contribution in [3.63, 3.8) is 0 Å². The molecule has 2 aromatic carbocycles. The standard InChI is InChI=1S/C19H18ClN3OS/c1-12-7-9-17(10-8-12)23-14(3)21-22-19(23)25-13(2)18(24)15-5-4-6-16(20)11-15/h4-11,13H,1-3H3. The summed E-state index contributed by atoms with van der Waals surface area (Å²) in [6.07, 6.45) is 0. The predicted octanol–water partition coefficient (Wildman–Crippen LogP) is 4.90. The molecule has 0 spiro atoms. The summed E-state index contributed by atoms with van der Waals surface area (Å²) >= 11 is 7.39. The van der Waals surface area contributed by atoms with Crippen LogP contribution in [0.5, 0.6) is 0 Å². The molecule has 4 nitrogen and oxygen atoms in total. The first-order chi connectivity index (χ1) is 12.0. The smallest absolute Gasteiger partial charge is 0.196 e. The predicted molar refractivity (Wildman–Crippen MR) is 102 cm³/mol. The largest absolute Gasteiger partial charge is 0.293 e. The van der Waals surface area contributed by atoms with E-state index in [2.05, 4.69) is 10.2 Å². The van der Waals surface area contributed by atoms with Gasteiger partial charge in [0.1, 0.15) is 5.82 Å². The second-order valence-corrected chi connectivity index (χ2v) is 7.58. The molecule has 0 aliphatic rings. The molecule has 128 valence electrons. The molecule has 0 saturated carbocycles. The van der Waals surface area contributed by atoms with Crippen LogP contribution >= 0.6 is 23.4 Å². The lowest BCUT2D eigenvalue weighted by Gasteiger charge is -2.12. The number of halogens is 1. The molecule has 1 aromatic heterocycles. The molecule has 0 radical (unpaired) electrons. The lowest BCUT2D eigenvalue weighted by atomic mass is 10.1. The number of benzene rings is 2. The summed E-state index contributed by atoms with van der Waals surface area (Å²) in [6, 6.07) is 15.2. The SMILES string of the molecule is Cc1ccc(-n2c(C)nnc2SC(C)C(=O)c2cccc(Cl)c2)cc1. The molecule has 6 heteroatoms. The van der Waals surface area contributed by atoms with E-state index in [0.29, 0.717) is 15.7 Å². The van der Waals surface area contributed by atoms with Crippen molar-refractivity contribution in [2.45, 2.75) is 31.2 Å². The highest BCUT2D eigenvalue weighted by atomic mass is 35.5. The normalized spacial score (nSPS) is 12.2. The lowest BCUT2D eigenvalue weighted by Crippen LogP contribution is -2.14. The molecule has 3 rings (SSSR count). The summed E-state index contributed by atoms with van der Waals surface area (Å²) in [4.78, 5) is 12.7. The summed E-state index contributed by atoms with van der Waals surface area (Å²) in [7, 11) is 0. The van der Waals surface area contributed by atoms with Gasteiger partial charge in [-0.3, -0.25) is 9.36 Å². The Morgan fingerprint density at radius 1 is 1.12 bits per heavy atom. The topological polar surface area (TPSA) is 47.8 Å². The van der Waals surface area contributed by atoms with Crippen molar-refractivity contribution in [2.75, 3.05) is 0 Å². The van der Waals surface area contributed by atoms with Crippen molar-refractivity contribution < 1.29 is 4.79 Å². The molecule has 1 atom stereocenters. The van der Waals surface area contributed by atoms with Crippen LogP contribution in [0.1, 0.15) is 28.7 Å². The van der Waals surface area contributed by atoms with Crippen molar-refractivity contribution in [1.29, 1.82) is 0 Å². The van der Waals surface area contributed by atoms with Gasteiger partial charge in [0, 0.05) is 16.3 Å². The minimum absolute atomic E-state index is 0.0172. The van der Waals surface area contributed by atoms with E-state index in [4.69, 9.17) is 11.6 Å². The number of ketones is 1. The van der Waals surface area contributed by atoms with E-state index in [1.807, 2.05) is 49.6 Å². The first kappa shape index (κ1) is 17.7. The highest BCUT2D eigenvalue weighted by Crippen LogP contribution is 2.28. The molecule has 0 saturated heterocycles. The minimum atomic E-state index is -0.300. The average Bonchev–Trinajstić information content (AvgIpc) is 2.95. The Balaban J connectivity index is 1.86. The number of aryl methyl sites for hydroxylation is 2. The van der Waals surface area contributed by atoms with Gasteiger partial charge < -0.3 is 0 Å². The van der Waals surface area contributed by atoms with Gasteiger partial charge in [-0.1, -0.05) is 53.2 Å². The summed E-state index contributed by atoms with van der Waals surface area (Å²) in [5, 5.41) is 9.38. The Morgan fingerprint density at radius 3 is 2.52 bits per heavy atom. The van der Waals surface area contributed by atoms with Crippen LogP contribution in [0.15, 0.2) is 53.7 Å². The van der Waals surface area contributed by atoms with Gasteiger partial charge in [-0.05, 0) is 45.0 Å². The Bertz CT molecular complexity index is 905.